The van der Waals surface area contributed by atoms with E-state index in [0.717, 1.165) is 17.3 Å². The lowest BCUT2D eigenvalue weighted by molar-refractivity contribution is 1.01. The van der Waals surface area contributed by atoms with Gasteiger partial charge in [-0.2, -0.15) is 0 Å². The Hall–Kier alpha value is -0.740. The molecule has 0 aliphatic heterocycles. The van der Waals surface area contributed by atoms with Crippen LogP contribution in [-0.2, 0) is 6.42 Å². The van der Waals surface area contributed by atoms with Gasteiger partial charge in [0.25, 0.3) is 0 Å². The molecule has 0 aromatic heterocycles. The zero-order valence-electron chi connectivity index (χ0n) is 7.10. The summed E-state index contributed by atoms with van der Waals surface area (Å²) in [7, 11) is 0. The van der Waals surface area contributed by atoms with E-state index in [1.54, 1.807) is 0 Å². The fraction of sp³-hybridized carbons (Fsp3) is 0.273. The summed E-state index contributed by atoms with van der Waals surface area (Å²) in [6.07, 6.45) is 6.99. The summed E-state index contributed by atoms with van der Waals surface area (Å²) in [6, 6.07) is 6.22. The van der Waals surface area contributed by atoms with Crippen LogP contribution in [-0.4, -0.2) is 0 Å². The molecule has 0 radical (unpaired) electrons. The van der Waals surface area contributed by atoms with Gasteiger partial charge in [0.15, 0.2) is 0 Å². The summed E-state index contributed by atoms with van der Waals surface area (Å²) in [4.78, 5) is 0. The van der Waals surface area contributed by atoms with E-state index in [1.807, 2.05) is 6.07 Å². The predicted octanol–water partition coefficient (Wildman–Crippen LogP) is 3.32. The van der Waals surface area contributed by atoms with Crippen molar-refractivity contribution >= 4 is 15.9 Å². The highest BCUT2D eigenvalue weighted by Crippen LogP contribution is 2.20. The van der Waals surface area contributed by atoms with E-state index in [-0.39, 0.29) is 0 Å². The van der Waals surface area contributed by atoms with Gasteiger partial charge >= 0.3 is 0 Å². The normalized spacial score (nSPS) is 9.42. The fourth-order valence-electron chi connectivity index (χ4n) is 1.13. The second kappa shape index (κ2) is 4.33. The molecular weight excluding hydrogens is 212 g/mol. The molecule has 0 bridgehead atoms. The van der Waals surface area contributed by atoms with E-state index < -0.39 is 0 Å². The van der Waals surface area contributed by atoms with E-state index in [1.165, 1.54) is 11.1 Å². The molecule has 62 valence electrons. The van der Waals surface area contributed by atoms with Crippen molar-refractivity contribution in [1.82, 2.24) is 0 Å². The number of hydrogen-bond donors (Lipinski definition) is 0. The second-order valence-corrected chi connectivity index (χ2v) is 3.58. The van der Waals surface area contributed by atoms with E-state index >= 15 is 0 Å². The molecule has 0 aliphatic carbocycles. The van der Waals surface area contributed by atoms with Crippen LogP contribution in [0, 0.1) is 19.3 Å². The van der Waals surface area contributed by atoms with Gasteiger partial charge in [-0.05, 0) is 30.5 Å². The maximum absolute atomic E-state index is 5.20. The maximum atomic E-state index is 5.20. The highest BCUT2D eigenvalue weighted by molar-refractivity contribution is 9.10. The molecule has 0 heterocycles. The molecule has 1 heteroatoms. The van der Waals surface area contributed by atoms with Crippen molar-refractivity contribution in [2.75, 3.05) is 0 Å². The number of aryl methyl sites for hydroxylation is 1. The maximum Gasteiger partial charge on any atom is 0.0207 e. The minimum atomic E-state index is 0.817. The van der Waals surface area contributed by atoms with Gasteiger partial charge in [0.1, 0.15) is 0 Å². The standard InChI is InChI=1S/C11H11Br/c1-3-4-6-10-7-5-8-11(12)9(10)2/h1,5,7-8H,4,6H2,2H3. The van der Waals surface area contributed by atoms with Gasteiger partial charge in [0, 0.05) is 10.9 Å². The first-order valence-corrected chi connectivity index (χ1v) is 4.72. The quantitative estimate of drug-likeness (QED) is 0.674. The van der Waals surface area contributed by atoms with Crippen molar-refractivity contribution in [2.24, 2.45) is 0 Å². The molecular formula is C11H11Br. The van der Waals surface area contributed by atoms with Gasteiger partial charge in [0.05, 0.1) is 0 Å². The second-order valence-electron chi connectivity index (χ2n) is 2.73. The zero-order valence-corrected chi connectivity index (χ0v) is 8.69. The number of terminal acetylenes is 1. The Labute approximate surface area is 82.1 Å². The summed E-state index contributed by atoms with van der Waals surface area (Å²) in [5.74, 6) is 2.65. The Morgan fingerprint density at radius 3 is 2.92 bits per heavy atom. The van der Waals surface area contributed by atoms with Crippen LogP contribution in [0.4, 0.5) is 0 Å². The fourth-order valence-corrected chi connectivity index (χ4v) is 1.54. The molecule has 1 aromatic rings. The van der Waals surface area contributed by atoms with Crippen molar-refractivity contribution in [3.63, 3.8) is 0 Å². The third-order valence-corrected chi connectivity index (χ3v) is 2.78. The Bertz CT molecular complexity index is 307. The lowest BCUT2D eigenvalue weighted by Gasteiger charge is -2.04. The molecule has 1 rings (SSSR count). The lowest BCUT2D eigenvalue weighted by Crippen LogP contribution is -1.88. The summed E-state index contributed by atoms with van der Waals surface area (Å²) in [5.41, 5.74) is 2.63. The van der Waals surface area contributed by atoms with Crippen LogP contribution < -0.4 is 0 Å². The van der Waals surface area contributed by atoms with E-state index in [0.29, 0.717) is 0 Å². The average molecular weight is 223 g/mol. The first kappa shape index (κ1) is 9.35. The summed E-state index contributed by atoms with van der Waals surface area (Å²) in [5, 5.41) is 0. The first-order chi connectivity index (χ1) is 5.75. The van der Waals surface area contributed by atoms with E-state index in [9.17, 15) is 0 Å². The van der Waals surface area contributed by atoms with E-state index in [2.05, 4.69) is 40.9 Å². The molecule has 0 spiro atoms. The third-order valence-electron chi connectivity index (χ3n) is 1.92. The zero-order chi connectivity index (χ0) is 8.97. The number of benzene rings is 1. The summed E-state index contributed by atoms with van der Waals surface area (Å²) >= 11 is 3.49. The van der Waals surface area contributed by atoms with Crippen molar-refractivity contribution < 1.29 is 0 Å². The minimum absolute atomic E-state index is 0.817. The van der Waals surface area contributed by atoms with Gasteiger partial charge in [0.2, 0.25) is 0 Å². The Balaban J connectivity index is 2.86. The predicted molar refractivity (Wildman–Crippen MR) is 56.0 cm³/mol. The molecule has 0 nitrogen and oxygen atoms in total. The summed E-state index contributed by atoms with van der Waals surface area (Å²) in [6.45, 7) is 2.11. The highest BCUT2D eigenvalue weighted by Gasteiger charge is 1.99. The van der Waals surface area contributed by atoms with Gasteiger partial charge in [-0.3, -0.25) is 0 Å². The molecule has 0 N–H and O–H groups in total. The third kappa shape index (κ3) is 2.12. The van der Waals surface area contributed by atoms with Gasteiger partial charge in [-0.15, -0.1) is 12.3 Å². The van der Waals surface area contributed by atoms with Crippen LogP contribution in [0.25, 0.3) is 0 Å². The van der Waals surface area contributed by atoms with Crippen molar-refractivity contribution in [3.05, 3.63) is 33.8 Å². The molecule has 0 saturated heterocycles. The monoisotopic (exact) mass is 222 g/mol. The number of rotatable bonds is 2. The van der Waals surface area contributed by atoms with Crippen LogP contribution >= 0.6 is 15.9 Å². The molecule has 0 amide bonds. The van der Waals surface area contributed by atoms with Crippen LogP contribution in [0.5, 0.6) is 0 Å². The van der Waals surface area contributed by atoms with Crippen molar-refractivity contribution in [3.8, 4) is 12.3 Å². The van der Waals surface area contributed by atoms with Crippen LogP contribution in [0.3, 0.4) is 0 Å². The smallest absolute Gasteiger partial charge is 0.0207 e. The topological polar surface area (TPSA) is 0 Å². The average Bonchev–Trinajstić information content (AvgIpc) is 2.08. The molecule has 0 fully saturated rings. The van der Waals surface area contributed by atoms with Crippen molar-refractivity contribution in [2.45, 2.75) is 19.8 Å². The van der Waals surface area contributed by atoms with Crippen molar-refractivity contribution in [1.29, 1.82) is 0 Å². The minimum Gasteiger partial charge on any atom is -0.120 e. The lowest BCUT2D eigenvalue weighted by atomic mass is 10.0. The number of halogens is 1. The van der Waals surface area contributed by atoms with Gasteiger partial charge in [-0.25, -0.2) is 0 Å². The largest absolute Gasteiger partial charge is 0.120 e. The molecule has 1 aromatic carbocycles. The molecule has 0 saturated carbocycles. The van der Waals surface area contributed by atoms with Crippen LogP contribution in [0.15, 0.2) is 22.7 Å². The number of hydrogen-bond acceptors (Lipinski definition) is 0. The highest BCUT2D eigenvalue weighted by atomic mass is 79.9. The Kier molecular flexibility index (Phi) is 3.37. The summed E-state index contributed by atoms with van der Waals surface area (Å²) < 4.78 is 1.16. The SMILES string of the molecule is C#CCCc1cccc(Br)c1C. The Morgan fingerprint density at radius 2 is 2.25 bits per heavy atom. The van der Waals surface area contributed by atoms with E-state index in [4.69, 9.17) is 6.42 Å². The molecule has 0 atom stereocenters. The van der Waals surface area contributed by atoms with Crippen LogP contribution in [0.2, 0.25) is 0 Å². The van der Waals surface area contributed by atoms with Gasteiger partial charge < -0.3 is 0 Å². The van der Waals surface area contributed by atoms with Crippen LogP contribution in [0.1, 0.15) is 17.5 Å². The first-order valence-electron chi connectivity index (χ1n) is 3.93. The molecule has 0 unspecified atom stereocenters. The molecule has 12 heavy (non-hydrogen) atoms. The Morgan fingerprint density at radius 1 is 1.50 bits per heavy atom. The van der Waals surface area contributed by atoms with Gasteiger partial charge in [-0.1, -0.05) is 28.1 Å². The molecule has 0 aliphatic rings.